The van der Waals surface area contributed by atoms with Crippen LogP contribution in [0.25, 0.3) is 0 Å². The minimum atomic E-state index is -0.426. The standard InChI is InChI=1S/C24H18Cl2N2O2S/c1-14-5-3-8-20(15(14)2)27-21-22(31-19-11-9-16(25)10-12-19)24(30)28(23(21)29)18-7-4-6-17(26)13-18/h3-13,27H,1-2H3. The second kappa shape index (κ2) is 8.79. The molecule has 0 saturated carbocycles. The third-order valence-corrected chi connectivity index (χ3v) is 6.58. The Morgan fingerprint density at radius 1 is 0.839 bits per heavy atom. The van der Waals surface area contributed by atoms with Crippen LogP contribution in [-0.4, -0.2) is 11.8 Å². The Morgan fingerprint density at radius 3 is 2.26 bits per heavy atom. The van der Waals surface area contributed by atoms with Crippen molar-refractivity contribution in [2.75, 3.05) is 10.2 Å². The molecule has 1 aliphatic heterocycles. The average Bonchev–Trinajstić information content (AvgIpc) is 2.97. The molecule has 0 atom stereocenters. The van der Waals surface area contributed by atoms with E-state index < -0.39 is 11.8 Å². The molecule has 0 aromatic heterocycles. The van der Waals surface area contributed by atoms with E-state index in [4.69, 9.17) is 23.2 Å². The normalized spacial score (nSPS) is 13.9. The van der Waals surface area contributed by atoms with Crippen LogP contribution in [0.15, 0.2) is 82.2 Å². The first-order valence-corrected chi connectivity index (χ1v) is 11.1. The molecule has 156 valence electrons. The highest BCUT2D eigenvalue weighted by atomic mass is 35.5. The van der Waals surface area contributed by atoms with Crippen molar-refractivity contribution in [2.24, 2.45) is 0 Å². The van der Waals surface area contributed by atoms with Gasteiger partial charge in [0.15, 0.2) is 0 Å². The van der Waals surface area contributed by atoms with Gasteiger partial charge in [-0.3, -0.25) is 9.59 Å². The quantitative estimate of drug-likeness (QED) is 0.428. The highest BCUT2D eigenvalue weighted by Crippen LogP contribution is 2.39. The van der Waals surface area contributed by atoms with Gasteiger partial charge in [0.1, 0.15) is 10.6 Å². The summed E-state index contributed by atoms with van der Waals surface area (Å²) in [6.07, 6.45) is 0. The lowest BCUT2D eigenvalue weighted by Crippen LogP contribution is -2.32. The minimum Gasteiger partial charge on any atom is -0.350 e. The predicted molar refractivity (Wildman–Crippen MR) is 128 cm³/mol. The van der Waals surface area contributed by atoms with Crippen molar-refractivity contribution >= 4 is 58.2 Å². The van der Waals surface area contributed by atoms with E-state index in [1.54, 1.807) is 36.4 Å². The van der Waals surface area contributed by atoms with E-state index in [0.29, 0.717) is 20.6 Å². The second-order valence-corrected chi connectivity index (χ2v) is 9.01. The number of aryl methyl sites for hydroxylation is 1. The number of hydrogen-bond acceptors (Lipinski definition) is 4. The highest BCUT2D eigenvalue weighted by Gasteiger charge is 2.40. The van der Waals surface area contributed by atoms with Gasteiger partial charge in [-0.1, -0.05) is 53.2 Å². The summed E-state index contributed by atoms with van der Waals surface area (Å²) < 4.78 is 0. The first kappa shape index (κ1) is 21.5. The van der Waals surface area contributed by atoms with E-state index >= 15 is 0 Å². The number of nitrogens with one attached hydrogen (secondary N) is 1. The maximum absolute atomic E-state index is 13.4. The molecular weight excluding hydrogens is 451 g/mol. The van der Waals surface area contributed by atoms with Gasteiger partial charge in [-0.2, -0.15) is 0 Å². The zero-order valence-electron chi connectivity index (χ0n) is 16.8. The van der Waals surface area contributed by atoms with E-state index in [1.165, 1.54) is 11.8 Å². The van der Waals surface area contributed by atoms with Gasteiger partial charge in [0.2, 0.25) is 0 Å². The van der Waals surface area contributed by atoms with Crippen LogP contribution in [0.1, 0.15) is 11.1 Å². The van der Waals surface area contributed by atoms with Gasteiger partial charge < -0.3 is 5.32 Å². The zero-order chi connectivity index (χ0) is 22.1. The Balaban J connectivity index is 1.78. The van der Waals surface area contributed by atoms with Crippen molar-refractivity contribution < 1.29 is 9.59 Å². The number of rotatable bonds is 5. The molecule has 0 saturated heterocycles. The van der Waals surface area contributed by atoms with Crippen molar-refractivity contribution in [3.63, 3.8) is 0 Å². The van der Waals surface area contributed by atoms with Crippen molar-refractivity contribution in [3.05, 3.63) is 98.5 Å². The highest BCUT2D eigenvalue weighted by molar-refractivity contribution is 8.04. The summed E-state index contributed by atoms with van der Waals surface area (Å²) in [6, 6.07) is 19.6. The molecule has 0 spiro atoms. The SMILES string of the molecule is Cc1cccc(NC2=C(Sc3ccc(Cl)cc3)C(=O)N(c3cccc(Cl)c3)C2=O)c1C. The van der Waals surface area contributed by atoms with E-state index in [-0.39, 0.29) is 5.70 Å². The molecule has 1 aliphatic rings. The average molecular weight is 469 g/mol. The van der Waals surface area contributed by atoms with Gasteiger partial charge in [-0.25, -0.2) is 4.90 Å². The number of imide groups is 1. The first-order chi connectivity index (χ1) is 14.8. The largest absolute Gasteiger partial charge is 0.350 e. The summed E-state index contributed by atoms with van der Waals surface area (Å²) in [5.74, 6) is -0.829. The molecule has 4 nitrogen and oxygen atoms in total. The minimum absolute atomic E-state index is 0.235. The zero-order valence-corrected chi connectivity index (χ0v) is 19.1. The van der Waals surface area contributed by atoms with E-state index in [0.717, 1.165) is 26.6 Å². The van der Waals surface area contributed by atoms with Crippen LogP contribution in [0.5, 0.6) is 0 Å². The number of carbonyl (C=O) groups excluding carboxylic acids is 2. The Labute approximate surface area is 194 Å². The molecule has 0 aliphatic carbocycles. The van der Waals surface area contributed by atoms with Gasteiger partial charge in [-0.05, 0) is 73.5 Å². The molecule has 0 bridgehead atoms. The molecule has 4 rings (SSSR count). The molecule has 1 heterocycles. The number of amides is 2. The van der Waals surface area contributed by atoms with Gasteiger partial charge in [-0.15, -0.1) is 0 Å². The number of halogens is 2. The molecule has 3 aromatic rings. The van der Waals surface area contributed by atoms with Crippen molar-refractivity contribution in [3.8, 4) is 0 Å². The number of hydrogen-bond donors (Lipinski definition) is 1. The number of carbonyl (C=O) groups is 2. The van der Waals surface area contributed by atoms with Gasteiger partial charge in [0, 0.05) is 20.6 Å². The Kier molecular flexibility index (Phi) is 6.10. The Hall–Kier alpha value is -2.73. The van der Waals surface area contributed by atoms with Gasteiger partial charge in [0.25, 0.3) is 11.8 Å². The molecule has 7 heteroatoms. The summed E-state index contributed by atoms with van der Waals surface area (Å²) in [7, 11) is 0. The molecule has 1 N–H and O–H groups in total. The number of thioether (sulfide) groups is 1. The van der Waals surface area contributed by atoms with Crippen LogP contribution in [0, 0.1) is 13.8 Å². The third kappa shape index (κ3) is 4.35. The molecular formula is C24H18Cl2N2O2S. The molecule has 0 fully saturated rings. The van der Waals surface area contributed by atoms with Crippen LogP contribution < -0.4 is 10.2 Å². The third-order valence-electron chi connectivity index (χ3n) is 5.01. The van der Waals surface area contributed by atoms with Crippen LogP contribution in [0.4, 0.5) is 11.4 Å². The number of benzene rings is 3. The first-order valence-electron chi connectivity index (χ1n) is 9.50. The summed E-state index contributed by atoms with van der Waals surface area (Å²) >= 11 is 13.3. The van der Waals surface area contributed by atoms with Crippen LogP contribution in [0.3, 0.4) is 0 Å². The molecule has 2 amide bonds. The maximum Gasteiger partial charge on any atom is 0.283 e. The fourth-order valence-corrected chi connectivity index (χ4v) is 4.44. The smallest absolute Gasteiger partial charge is 0.283 e. The molecule has 0 radical (unpaired) electrons. The van der Waals surface area contributed by atoms with E-state index in [9.17, 15) is 9.59 Å². The number of anilines is 2. The topological polar surface area (TPSA) is 49.4 Å². The second-order valence-electron chi connectivity index (χ2n) is 7.06. The van der Waals surface area contributed by atoms with Crippen molar-refractivity contribution in [1.82, 2.24) is 0 Å². The van der Waals surface area contributed by atoms with Gasteiger partial charge >= 0.3 is 0 Å². The van der Waals surface area contributed by atoms with Crippen molar-refractivity contribution in [2.45, 2.75) is 18.7 Å². The molecule has 0 unspecified atom stereocenters. The summed E-state index contributed by atoms with van der Waals surface area (Å²) in [4.78, 5) is 29.0. The fraction of sp³-hybridized carbons (Fsp3) is 0.0833. The predicted octanol–water partition coefficient (Wildman–Crippen LogP) is 6.60. The monoisotopic (exact) mass is 468 g/mol. The lowest BCUT2D eigenvalue weighted by Gasteiger charge is -2.16. The Bertz CT molecular complexity index is 1220. The fourth-order valence-electron chi connectivity index (χ4n) is 3.21. The van der Waals surface area contributed by atoms with Gasteiger partial charge in [0.05, 0.1) is 5.69 Å². The van der Waals surface area contributed by atoms with Crippen LogP contribution in [0.2, 0.25) is 10.0 Å². The van der Waals surface area contributed by atoms with Crippen LogP contribution in [-0.2, 0) is 9.59 Å². The molecule has 31 heavy (non-hydrogen) atoms. The number of nitrogens with zero attached hydrogens (tertiary/aromatic N) is 1. The van der Waals surface area contributed by atoms with E-state index in [1.807, 2.05) is 44.2 Å². The molecule has 3 aromatic carbocycles. The van der Waals surface area contributed by atoms with Crippen LogP contribution >= 0.6 is 35.0 Å². The summed E-state index contributed by atoms with van der Waals surface area (Å²) in [5, 5.41) is 4.26. The van der Waals surface area contributed by atoms with E-state index in [2.05, 4.69) is 5.32 Å². The Morgan fingerprint density at radius 2 is 1.55 bits per heavy atom. The van der Waals surface area contributed by atoms with Crippen molar-refractivity contribution in [1.29, 1.82) is 0 Å². The summed E-state index contributed by atoms with van der Waals surface area (Å²) in [6.45, 7) is 3.97. The maximum atomic E-state index is 13.4. The summed E-state index contributed by atoms with van der Waals surface area (Å²) in [5.41, 5.74) is 3.53. The lowest BCUT2D eigenvalue weighted by atomic mass is 10.1. The lowest BCUT2D eigenvalue weighted by molar-refractivity contribution is -0.120.